The minimum Gasteiger partial charge on any atom is -0.309 e. The van der Waals surface area contributed by atoms with E-state index in [1.165, 1.54) is 17.7 Å². The quantitative estimate of drug-likeness (QED) is 0.706. The van der Waals surface area contributed by atoms with Crippen LogP contribution in [0.15, 0.2) is 54.6 Å². The zero-order chi connectivity index (χ0) is 18.4. The van der Waals surface area contributed by atoms with Crippen LogP contribution in [0.3, 0.4) is 0 Å². The molecule has 0 spiro atoms. The van der Waals surface area contributed by atoms with E-state index >= 15 is 0 Å². The van der Waals surface area contributed by atoms with Crippen molar-refractivity contribution in [1.82, 2.24) is 4.90 Å². The predicted octanol–water partition coefficient (Wildman–Crippen LogP) is 4.70. The number of amides is 1. The number of hydrogen-bond acceptors (Lipinski definition) is 2. The number of halogens is 2. The van der Waals surface area contributed by atoms with Crippen molar-refractivity contribution in [3.05, 3.63) is 66.0 Å². The maximum absolute atomic E-state index is 13.2. The van der Waals surface area contributed by atoms with Gasteiger partial charge in [0.05, 0.1) is 0 Å². The number of rotatable bonds is 6. The molecule has 0 aromatic heterocycles. The summed E-state index contributed by atoms with van der Waals surface area (Å²) in [6, 6.07) is 17.0. The van der Waals surface area contributed by atoms with Crippen LogP contribution in [-0.4, -0.2) is 36.5 Å². The molecule has 2 aromatic carbocycles. The fourth-order valence-electron chi connectivity index (χ4n) is 3.66. The van der Waals surface area contributed by atoms with Crippen molar-refractivity contribution in [1.29, 1.82) is 0 Å². The third kappa shape index (κ3) is 5.78. The van der Waals surface area contributed by atoms with Crippen LogP contribution in [0.5, 0.6) is 0 Å². The third-order valence-electron chi connectivity index (χ3n) is 5.16. The van der Waals surface area contributed by atoms with E-state index in [-0.39, 0.29) is 30.2 Å². The van der Waals surface area contributed by atoms with Gasteiger partial charge < -0.3 is 9.80 Å². The van der Waals surface area contributed by atoms with Gasteiger partial charge >= 0.3 is 0 Å². The first-order valence-electron chi connectivity index (χ1n) is 9.51. The van der Waals surface area contributed by atoms with E-state index in [4.69, 9.17) is 0 Å². The smallest absolute Gasteiger partial charge is 0.226 e. The lowest BCUT2D eigenvalue weighted by Gasteiger charge is -2.38. The Hall–Kier alpha value is -1.91. The molecular formula is C22H28ClFN2O. The molecule has 0 atom stereocenters. The molecule has 3 rings (SSSR count). The third-order valence-corrected chi connectivity index (χ3v) is 5.16. The second kappa shape index (κ2) is 10.4. The molecule has 2 aromatic rings. The lowest BCUT2D eigenvalue weighted by atomic mass is 10.0. The second-order valence-corrected chi connectivity index (χ2v) is 6.90. The molecule has 1 heterocycles. The molecule has 3 nitrogen and oxygen atoms in total. The first-order chi connectivity index (χ1) is 12.7. The first kappa shape index (κ1) is 21.4. The van der Waals surface area contributed by atoms with Crippen molar-refractivity contribution >= 4 is 24.0 Å². The van der Waals surface area contributed by atoms with Gasteiger partial charge in [-0.3, -0.25) is 4.79 Å². The van der Waals surface area contributed by atoms with Crippen LogP contribution in [0.4, 0.5) is 10.1 Å². The number of carbonyl (C=O) groups excluding carboxylic acids is 1. The van der Waals surface area contributed by atoms with Crippen LogP contribution < -0.4 is 4.90 Å². The summed E-state index contributed by atoms with van der Waals surface area (Å²) in [6.45, 7) is 4.92. The fraction of sp³-hybridized carbons (Fsp3) is 0.409. The highest BCUT2D eigenvalue weighted by molar-refractivity contribution is 5.93. The summed E-state index contributed by atoms with van der Waals surface area (Å²) in [5.41, 5.74) is 2.17. The van der Waals surface area contributed by atoms with Crippen molar-refractivity contribution < 1.29 is 9.18 Å². The van der Waals surface area contributed by atoms with Gasteiger partial charge in [0.15, 0.2) is 0 Å². The molecule has 1 amide bonds. The minimum absolute atomic E-state index is 0. The summed E-state index contributed by atoms with van der Waals surface area (Å²) < 4.78 is 13.2. The van der Waals surface area contributed by atoms with Crippen LogP contribution in [-0.2, 0) is 11.2 Å². The zero-order valence-electron chi connectivity index (χ0n) is 15.8. The number of nitrogens with zero attached hydrogens (tertiary/aromatic N) is 2. The SMILES string of the molecule is CCC(=O)N(c1ccc(F)cc1)C1CCN(CC[13c]2[13cH][13cH][13cH][13cH][13cH]2)CC1.Cl. The van der Waals surface area contributed by atoms with Gasteiger partial charge in [-0.15, -0.1) is 12.4 Å². The number of carbonyl (C=O) groups is 1. The Morgan fingerprint density at radius 2 is 1.70 bits per heavy atom. The van der Waals surface area contributed by atoms with Crippen molar-refractivity contribution in [3.63, 3.8) is 0 Å². The Balaban J connectivity index is 0.00000261. The predicted molar refractivity (Wildman–Crippen MR) is 111 cm³/mol. The summed E-state index contributed by atoms with van der Waals surface area (Å²) in [5.74, 6) is -0.160. The van der Waals surface area contributed by atoms with Gasteiger partial charge in [0.25, 0.3) is 0 Å². The molecule has 0 unspecified atom stereocenters. The van der Waals surface area contributed by atoms with Gasteiger partial charge in [-0.2, -0.15) is 0 Å². The van der Waals surface area contributed by atoms with Crippen LogP contribution in [0.1, 0.15) is 31.7 Å². The van der Waals surface area contributed by atoms with E-state index < -0.39 is 0 Å². The highest BCUT2D eigenvalue weighted by atomic mass is 35.5. The van der Waals surface area contributed by atoms with E-state index in [2.05, 4.69) is 29.2 Å². The Kier molecular flexibility index (Phi) is 8.26. The van der Waals surface area contributed by atoms with Gasteiger partial charge in [0.2, 0.25) is 5.91 Å². The highest BCUT2D eigenvalue weighted by Crippen LogP contribution is 2.25. The lowest BCUT2D eigenvalue weighted by molar-refractivity contribution is -0.119. The molecule has 1 saturated heterocycles. The van der Waals surface area contributed by atoms with Crippen molar-refractivity contribution in [3.8, 4) is 0 Å². The molecule has 1 aliphatic rings. The molecule has 5 heteroatoms. The van der Waals surface area contributed by atoms with E-state index in [0.717, 1.165) is 44.6 Å². The molecular weight excluding hydrogens is 369 g/mol. The largest absolute Gasteiger partial charge is 0.309 e. The molecule has 1 aliphatic heterocycles. The normalized spacial score (nSPS) is 15.2. The average Bonchev–Trinajstić information content (AvgIpc) is 2.69. The summed E-state index contributed by atoms with van der Waals surface area (Å²) >= 11 is 0. The number of likely N-dealkylation sites (tertiary alicyclic amines) is 1. The lowest BCUT2D eigenvalue weighted by Crippen LogP contribution is -2.47. The molecule has 0 radical (unpaired) electrons. The molecule has 0 N–H and O–H groups in total. The average molecular weight is 397 g/mol. The van der Waals surface area contributed by atoms with Crippen LogP contribution in [0.2, 0.25) is 0 Å². The maximum atomic E-state index is 13.2. The summed E-state index contributed by atoms with van der Waals surface area (Å²) in [7, 11) is 0. The molecule has 0 saturated carbocycles. The summed E-state index contributed by atoms with van der Waals surface area (Å²) in [5, 5.41) is 0. The Morgan fingerprint density at radius 3 is 2.30 bits per heavy atom. The number of piperidine rings is 1. The van der Waals surface area contributed by atoms with Crippen LogP contribution in [0, 0.1) is 5.82 Å². The number of anilines is 1. The van der Waals surface area contributed by atoms with E-state index in [9.17, 15) is 9.18 Å². The van der Waals surface area contributed by atoms with Crippen LogP contribution >= 0.6 is 12.4 Å². The van der Waals surface area contributed by atoms with E-state index in [0.29, 0.717) is 6.42 Å². The minimum atomic E-state index is -0.270. The van der Waals surface area contributed by atoms with Crippen molar-refractivity contribution in [2.45, 2.75) is 38.6 Å². The first-order valence-corrected chi connectivity index (χ1v) is 9.51. The molecule has 27 heavy (non-hydrogen) atoms. The summed E-state index contributed by atoms with van der Waals surface area (Å²) in [6.07, 6.45) is 3.43. The van der Waals surface area contributed by atoms with E-state index in [1.807, 2.05) is 17.9 Å². The fourth-order valence-corrected chi connectivity index (χ4v) is 3.66. The van der Waals surface area contributed by atoms with Crippen molar-refractivity contribution in [2.24, 2.45) is 0 Å². The molecule has 146 valence electrons. The Labute approximate surface area is 167 Å². The molecule has 1 fully saturated rings. The van der Waals surface area contributed by atoms with Crippen molar-refractivity contribution in [2.75, 3.05) is 24.5 Å². The van der Waals surface area contributed by atoms with Gasteiger partial charge in [-0.25, -0.2) is 4.39 Å². The Bertz CT molecular complexity index is 700. The number of benzene rings is 2. The standard InChI is InChI=1S/C22H27FN2O.ClH/c1-2-22(26)25(20-10-8-19(23)9-11-20)21-13-16-24(17-14-21)15-12-18-6-4-3-5-7-18;/h3-11,21H,2,12-17H2,1H3;1H/i3+1,4+1,5+1,6+1,7+1,18+1;. The molecule has 0 aliphatic carbocycles. The maximum Gasteiger partial charge on any atom is 0.226 e. The number of hydrogen-bond donors (Lipinski definition) is 0. The highest BCUT2D eigenvalue weighted by Gasteiger charge is 2.28. The zero-order valence-corrected chi connectivity index (χ0v) is 16.6. The van der Waals surface area contributed by atoms with Gasteiger partial charge in [0, 0.05) is 37.8 Å². The topological polar surface area (TPSA) is 23.6 Å². The summed E-state index contributed by atoms with van der Waals surface area (Å²) in [4.78, 5) is 16.9. The van der Waals surface area contributed by atoms with Crippen LogP contribution in [0.25, 0.3) is 0 Å². The second-order valence-electron chi connectivity index (χ2n) is 6.90. The monoisotopic (exact) mass is 396 g/mol. The van der Waals surface area contributed by atoms with Gasteiger partial charge in [-0.1, -0.05) is 37.3 Å². The Morgan fingerprint density at radius 1 is 1.07 bits per heavy atom. The van der Waals surface area contributed by atoms with E-state index in [1.54, 1.807) is 12.1 Å². The van der Waals surface area contributed by atoms with Gasteiger partial charge in [0.1, 0.15) is 5.82 Å². The molecule has 0 bridgehead atoms. The van der Waals surface area contributed by atoms with Gasteiger partial charge in [-0.05, 0) is 49.1 Å².